The Morgan fingerprint density at radius 3 is 2.64 bits per heavy atom. The minimum atomic E-state index is 0. The summed E-state index contributed by atoms with van der Waals surface area (Å²) in [5.41, 5.74) is 4.45. The first-order valence-electron chi connectivity index (χ1n) is 2.82. The largest absolute Gasteiger partial charge is 0.322 e. The number of hydrazine groups is 1. The Hall–Kier alpha value is -0.320. The van der Waals surface area contributed by atoms with Crippen LogP contribution in [0.4, 0.5) is 5.69 Å². The molecule has 0 unspecified atom stereocenters. The van der Waals surface area contributed by atoms with E-state index in [4.69, 9.17) is 5.84 Å². The second kappa shape index (κ2) is 4.54. The summed E-state index contributed by atoms with van der Waals surface area (Å²) in [6, 6.07) is 0. The summed E-state index contributed by atoms with van der Waals surface area (Å²) < 4.78 is 0.961. The first kappa shape index (κ1) is 10.7. The highest BCUT2D eigenvalue weighted by Crippen LogP contribution is 2.20. The second-order valence-electron chi connectivity index (χ2n) is 1.94. The molecule has 0 aliphatic heterocycles. The summed E-state index contributed by atoms with van der Waals surface area (Å²) in [4.78, 5) is 3.93. The van der Waals surface area contributed by atoms with Crippen LogP contribution in [0.3, 0.4) is 0 Å². The van der Waals surface area contributed by atoms with Crippen molar-refractivity contribution >= 4 is 34.0 Å². The smallest absolute Gasteiger partial charge is 0.0709 e. The highest BCUT2D eigenvalue weighted by atomic mass is 79.9. The molecular weight excluding hydrogens is 229 g/mol. The summed E-state index contributed by atoms with van der Waals surface area (Å²) >= 11 is 3.33. The van der Waals surface area contributed by atoms with Gasteiger partial charge >= 0.3 is 0 Å². The molecule has 0 aliphatic carbocycles. The number of hydrogen-bond acceptors (Lipinski definition) is 3. The maximum atomic E-state index is 5.21. The third kappa shape index (κ3) is 2.32. The maximum absolute atomic E-state index is 5.21. The van der Waals surface area contributed by atoms with Crippen LogP contribution in [0.15, 0.2) is 16.9 Å². The van der Waals surface area contributed by atoms with Crippen LogP contribution in [0.5, 0.6) is 0 Å². The molecule has 0 saturated heterocycles. The molecule has 3 N–H and O–H groups in total. The molecule has 1 aromatic rings. The Kier molecular flexibility index (Phi) is 4.40. The number of nitrogens with one attached hydrogen (secondary N) is 1. The molecule has 0 aromatic carbocycles. The van der Waals surface area contributed by atoms with Crippen molar-refractivity contribution in [3.05, 3.63) is 22.4 Å². The topological polar surface area (TPSA) is 50.9 Å². The number of anilines is 1. The van der Waals surface area contributed by atoms with E-state index in [-0.39, 0.29) is 12.4 Å². The lowest BCUT2D eigenvalue weighted by Gasteiger charge is -2.03. The van der Waals surface area contributed by atoms with E-state index in [2.05, 4.69) is 26.3 Å². The second-order valence-corrected chi connectivity index (χ2v) is 2.79. The average molecular weight is 239 g/mol. The van der Waals surface area contributed by atoms with E-state index in [0.717, 1.165) is 15.7 Å². The average Bonchev–Trinajstić information content (AvgIpc) is 1.95. The van der Waals surface area contributed by atoms with Gasteiger partial charge in [0.15, 0.2) is 0 Å². The fourth-order valence-corrected chi connectivity index (χ4v) is 0.977. The molecule has 0 fully saturated rings. The number of halogens is 2. The molecular formula is C6H9BrClN3. The fourth-order valence-electron chi connectivity index (χ4n) is 0.645. The molecule has 11 heavy (non-hydrogen) atoms. The molecule has 0 aliphatic rings. The molecule has 0 bridgehead atoms. The van der Waals surface area contributed by atoms with Crippen LogP contribution in [-0.2, 0) is 0 Å². The van der Waals surface area contributed by atoms with Gasteiger partial charge in [-0.2, -0.15) is 0 Å². The van der Waals surface area contributed by atoms with Gasteiger partial charge in [0.2, 0.25) is 0 Å². The van der Waals surface area contributed by atoms with E-state index in [1.54, 1.807) is 12.4 Å². The standard InChI is InChI=1S/C6H8BrN3.ClH/c1-4-5(7)2-9-3-6(4)10-8;/h2-3,10H,8H2,1H3;1H. The van der Waals surface area contributed by atoms with Crippen LogP contribution in [0.1, 0.15) is 5.56 Å². The Balaban J connectivity index is 0.000001000. The fraction of sp³-hybridized carbons (Fsp3) is 0.167. The monoisotopic (exact) mass is 237 g/mol. The molecule has 1 rings (SSSR count). The van der Waals surface area contributed by atoms with Gasteiger partial charge in [-0.25, -0.2) is 0 Å². The summed E-state index contributed by atoms with van der Waals surface area (Å²) in [5.74, 6) is 5.21. The Morgan fingerprint density at radius 1 is 1.55 bits per heavy atom. The van der Waals surface area contributed by atoms with Crippen LogP contribution < -0.4 is 11.3 Å². The zero-order valence-corrected chi connectivity index (χ0v) is 8.37. The van der Waals surface area contributed by atoms with Crippen molar-refractivity contribution in [3.63, 3.8) is 0 Å². The van der Waals surface area contributed by atoms with Gasteiger partial charge < -0.3 is 5.43 Å². The van der Waals surface area contributed by atoms with Crippen LogP contribution in [0.25, 0.3) is 0 Å². The van der Waals surface area contributed by atoms with E-state index in [9.17, 15) is 0 Å². The van der Waals surface area contributed by atoms with Crippen molar-refractivity contribution in [2.75, 3.05) is 5.43 Å². The van der Waals surface area contributed by atoms with Crippen molar-refractivity contribution < 1.29 is 0 Å². The highest BCUT2D eigenvalue weighted by molar-refractivity contribution is 9.10. The molecule has 0 saturated carbocycles. The van der Waals surface area contributed by atoms with Gasteiger partial charge in [0.25, 0.3) is 0 Å². The number of nitrogen functional groups attached to an aromatic ring is 1. The summed E-state index contributed by atoms with van der Waals surface area (Å²) in [6.45, 7) is 1.96. The Morgan fingerprint density at radius 2 is 2.18 bits per heavy atom. The predicted molar refractivity (Wildman–Crippen MR) is 51.7 cm³/mol. The third-order valence-electron chi connectivity index (χ3n) is 1.31. The van der Waals surface area contributed by atoms with Gasteiger partial charge in [-0.1, -0.05) is 0 Å². The van der Waals surface area contributed by atoms with Crippen LogP contribution in [-0.4, -0.2) is 4.98 Å². The van der Waals surface area contributed by atoms with E-state index >= 15 is 0 Å². The maximum Gasteiger partial charge on any atom is 0.0709 e. The summed E-state index contributed by atoms with van der Waals surface area (Å²) in [7, 11) is 0. The summed E-state index contributed by atoms with van der Waals surface area (Å²) in [6.07, 6.45) is 3.41. The lowest BCUT2D eigenvalue weighted by atomic mass is 10.3. The lowest BCUT2D eigenvalue weighted by molar-refractivity contribution is 1.21. The number of pyridine rings is 1. The van der Waals surface area contributed by atoms with Crippen molar-refractivity contribution in [2.45, 2.75) is 6.92 Å². The van der Waals surface area contributed by atoms with Crippen molar-refractivity contribution in [1.29, 1.82) is 0 Å². The molecule has 1 aromatic heterocycles. The molecule has 5 heteroatoms. The van der Waals surface area contributed by atoms with Gasteiger partial charge in [-0.15, -0.1) is 12.4 Å². The molecule has 1 heterocycles. The zero-order chi connectivity index (χ0) is 7.56. The van der Waals surface area contributed by atoms with E-state index in [1.165, 1.54) is 0 Å². The van der Waals surface area contributed by atoms with Gasteiger partial charge in [0.1, 0.15) is 0 Å². The molecule has 0 spiro atoms. The highest BCUT2D eigenvalue weighted by Gasteiger charge is 1.98. The number of nitrogens with two attached hydrogens (primary N) is 1. The van der Waals surface area contributed by atoms with Gasteiger partial charge in [0.05, 0.1) is 11.9 Å². The van der Waals surface area contributed by atoms with Gasteiger partial charge in [0, 0.05) is 10.7 Å². The van der Waals surface area contributed by atoms with Crippen molar-refractivity contribution in [1.82, 2.24) is 4.98 Å². The third-order valence-corrected chi connectivity index (χ3v) is 2.11. The molecule has 0 amide bonds. The Labute approximate surface area is 79.9 Å². The SMILES string of the molecule is Cc1c(Br)cncc1NN.Cl. The zero-order valence-electron chi connectivity index (χ0n) is 5.97. The minimum absolute atomic E-state index is 0. The minimum Gasteiger partial charge on any atom is -0.322 e. The lowest BCUT2D eigenvalue weighted by Crippen LogP contribution is -2.08. The Bertz CT molecular complexity index is 241. The van der Waals surface area contributed by atoms with E-state index < -0.39 is 0 Å². The van der Waals surface area contributed by atoms with Crippen LogP contribution >= 0.6 is 28.3 Å². The summed E-state index contributed by atoms with van der Waals surface area (Å²) in [5, 5.41) is 0. The van der Waals surface area contributed by atoms with Crippen LogP contribution in [0.2, 0.25) is 0 Å². The normalized spacial score (nSPS) is 8.64. The number of hydrogen-bond donors (Lipinski definition) is 2. The molecule has 0 atom stereocenters. The quantitative estimate of drug-likeness (QED) is 0.580. The molecule has 3 nitrogen and oxygen atoms in total. The first-order chi connectivity index (χ1) is 4.75. The van der Waals surface area contributed by atoms with E-state index in [0.29, 0.717) is 0 Å². The van der Waals surface area contributed by atoms with Crippen molar-refractivity contribution in [3.8, 4) is 0 Å². The van der Waals surface area contributed by atoms with Gasteiger partial charge in [-0.05, 0) is 28.4 Å². The molecule has 62 valence electrons. The molecule has 0 radical (unpaired) electrons. The van der Waals surface area contributed by atoms with Gasteiger partial charge in [-0.3, -0.25) is 10.8 Å². The van der Waals surface area contributed by atoms with Crippen LogP contribution in [0, 0.1) is 6.92 Å². The van der Waals surface area contributed by atoms with Crippen molar-refractivity contribution in [2.24, 2.45) is 5.84 Å². The number of rotatable bonds is 1. The number of aromatic nitrogens is 1. The number of nitrogens with zero attached hydrogens (tertiary/aromatic N) is 1. The van der Waals surface area contributed by atoms with E-state index in [1.807, 2.05) is 6.92 Å². The predicted octanol–water partition coefficient (Wildman–Crippen LogP) is 1.86. The first-order valence-corrected chi connectivity index (χ1v) is 3.61.